The van der Waals surface area contributed by atoms with Crippen molar-refractivity contribution in [1.29, 1.82) is 0 Å². The van der Waals surface area contributed by atoms with Gasteiger partial charge in [-0.05, 0) is 12.0 Å². The van der Waals surface area contributed by atoms with Gasteiger partial charge in [-0.3, -0.25) is 0 Å². The molecule has 1 atom stereocenters. The van der Waals surface area contributed by atoms with Crippen LogP contribution in [0.4, 0.5) is 6.01 Å². The van der Waals surface area contributed by atoms with Gasteiger partial charge in [-0.2, -0.15) is 0 Å². The summed E-state index contributed by atoms with van der Waals surface area (Å²) in [5.74, 6) is 0.720. The van der Waals surface area contributed by atoms with Gasteiger partial charge in [-0.15, -0.1) is 5.10 Å². The standard InChI is InChI=1S/C11H13N3O/c1-2-9(8-6-4-3-5-7-8)10-13-14-11(12)15-10/h3-7,9H,2H2,1H3,(H2,12,14)/t9-/m0/s1. The second-order valence-corrected chi connectivity index (χ2v) is 3.35. The molecule has 0 spiro atoms. The largest absolute Gasteiger partial charge is 0.408 e. The highest BCUT2D eigenvalue weighted by Gasteiger charge is 2.17. The van der Waals surface area contributed by atoms with Crippen LogP contribution in [-0.2, 0) is 0 Å². The van der Waals surface area contributed by atoms with Crippen molar-refractivity contribution in [3.05, 3.63) is 41.8 Å². The first kappa shape index (κ1) is 9.71. The van der Waals surface area contributed by atoms with E-state index in [4.69, 9.17) is 10.2 Å². The van der Waals surface area contributed by atoms with E-state index in [9.17, 15) is 0 Å². The smallest absolute Gasteiger partial charge is 0.312 e. The van der Waals surface area contributed by atoms with Crippen LogP contribution in [0.5, 0.6) is 0 Å². The van der Waals surface area contributed by atoms with E-state index in [1.165, 1.54) is 5.56 Å². The Morgan fingerprint density at radius 1 is 1.27 bits per heavy atom. The fourth-order valence-corrected chi connectivity index (χ4v) is 1.63. The maximum absolute atomic E-state index is 5.41. The lowest BCUT2D eigenvalue weighted by Gasteiger charge is -2.09. The van der Waals surface area contributed by atoms with Crippen LogP contribution in [0, 0.1) is 0 Å². The van der Waals surface area contributed by atoms with Crippen molar-refractivity contribution in [3.63, 3.8) is 0 Å². The second-order valence-electron chi connectivity index (χ2n) is 3.35. The summed E-state index contributed by atoms with van der Waals surface area (Å²) < 4.78 is 5.25. The van der Waals surface area contributed by atoms with Crippen molar-refractivity contribution >= 4 is 6.01 Å². The van der Waals surface area contributed by atoms with Crippen LogP contribution >= 0.6 is 0 Å². The summed E-state index contributed by atoms with van der Waals surface area (Å²) in [6.07, 6.45) is 0.908. The third-order valence-corrected chi connectivity index (χ3v) is 2.36. The molecule has 1 aromatic carbocycles. The Bertz CT molecular complexity index is 424. The van der Waals surface area contributed by atoms with E-state index in [2.05, 4.69) is 29.3 Å². The van der Waals surface area contributed by atoms with Gasteiger partial charge < -0.3 is 10.2 Å². The van der Waals surface area contributed by atoms with Crippen LogP contribution in [-0.4, -0.2) is 10.2 Å². The molecule has 15 heavy (non-hydrogen) atoms. The summed E-state index contributed by atoms with van der Waals surface area (Å²) in [6, 6.07) is 10.2. The van der Waals surface area contributed by atoms with Crippen LogP contribution in [0.3, 0.4) is 0 Å². The summed E-state index contributed by atoms with van der Waals surface area (Å²) in [5.41, 5.74) is 6.58. The predicted octanol–water partition coefficient (Wildman–Crippen LogP) is 2.19. The molecule has 78 valence electrons. The van der Waals surface area contributed by atoms with Crippen molar-refractivity contribution in [2.24, 2.45) is 0 Å². The number of hydrogen-bond acceptors (Lipinski definition) is 4. The lowest BCUT2D eigenvalue weighted by Crippen LogP contribution is -1.99. The lowest BCUT2D eigenvalue weighted by atomic mass is 9.97. The van der Waals surface area contributed by atoms with E-state index >= 15 is 0 Å². The van der Waals surface area contributed by atoms with Crippen LogP contribution in [0.2, 0.25) is 0 Å². The number of anilines is 1. The highest BCUT2D eigenvalue weighted by Crippen LogP contribution is 2.26. The lowest BCUT2D eigenvalue weighted by molar-refractivity contribution is 0.477. The molecule has 1 heterocycles. The van der Waals surface area contributed by atoms with Gasteiger partial charge in [-0.25, -0.2) is 0 Å². The van der Waals surface area contributed by atoms with Gasteiger partial charge in [0.25, 0.3) is 0 Å². The van der Waals surface area contributed by atoms with Crippen molar-refractivity contribution in [2.75, 3.05) is 5.73 Å². The molecule has 0 saturated carbocycles. The third kappa shape index (κ3) is 1.98. The molecule has 0 aliphatic carbocycles. The van der Waals surface area contributed by atoms with Gasteiger partial charge in [0.15, 0.2) is 0 Å². The molecule has 0 unspecified atom stereocenters. The zero-order valence-corrected chi connectivity index (χ0v) is 8.55. The first-order valence-electron chi connectivity index (χ1n) is 4.95. The van der Waals surface area contributed by atoms with E-state index in [1.54, 1.807) is 0 Å². The molecule has 0 radical (unpaired) electrons. The minimum Gasteiger partial charge on any atom is -0.408 e. The SMILES string of the molecule is CC[C@@H](c1ccccc1)c1nnc(N)o1. The number of nitrogens with zero attached hydrogens (tertiary/aromatic N) is 2. The number of aromatic nitrogens is 2. The molecule has 0 amide bonds. The molecule has 4 nitrogen and oxygen atoms in total. The summed E-state index contributed by atoms with van der Waals surface area (Å²) in [7, 11) is 0. The Labute approximate surface area is 88.1 Å². The first-order valence-corrected chi connectivity index (χ1v) is 4.95. The van der Waals surface area contributed by atoms with Gasteiger partial charge in [0.2, 0.25) is 5.89 Å². The van der Waals surface area contributed by atoms with Crippen LogP contribution in [0.1, 0.15) is 30.7 Å². The molecule has 0 aliphatic heterocycles. The van der Waals surface area contributed by atoms with E-state index in [0.717, 1.165) is 6.42 Å². The first-order chi connectivity index (χ1) is 7.31. The van der Waals surface area contributed by atoms with Gasteiger partial charge in [0.1, 0.15) is 0 Å². The zero-order chi connectivity index (χ0) is 10.7. The van der Waals surface area contributed by atoms with Crippen LogP contribution < -0.4 is 5.73 Å². The molecule has 2 N–H and O–H groups in total. The summed E-state index contributed by atoms with van der Waals surface area (Å²) in [6.45, 7) is 2.08. The second kappa shape index (κ2) is 4.13. The number of nitrogens with two attached hydrogens (primary N) is 1. The fraction of sp³-hybridized carbons (Fsp3) is 0.273. The molecular formula is C11H13N3O. The molecular weight excluding hydrogens is 190 g/mol. The van der Waals surface area contributed by atoms with Crippen LogP contribution in [0.15, 0.2) is 34.7 Å². The van der Waals surface area contributed by atoms with E-state index in [-0.39, 0.29) is 11.9 Å². The van der Waals surface area contributed by atoms with Gasteiger partial charge >= 0.3 is 6.01 Å². The van der Waals surface area contributed by atoms with Gasteiger partial charge in [0, 0.05) is 0 Å². The molecule has 4 heteroatoms. The average molecular weight is 203 g/mol. The minimum absolute atomic E-state index is 0.124. The van der Waals surface area contributed by atoms with Crippen molar-refractivity contribution in [2.45, 2.75) is 19.3 Å². The molecule has 2 aromatic rings. The Morgan fingerprint density at radius 3 is 2.53 bits per heavy atom. The number of benzene rings is 1. The normalized spacial score (nSPS) is 12.6. The fourth-order valence-electron chi connectivity index (χ4n) is 1.63. The van der Waals surface area contributed by atoms with Gasteiger partial charge in [0.05, 0.1) is 5.92 Å². The Kier molecular flexibility index (Phi) is 2.67. The molecule has 0 bridgehead atoms. The van der Waals surface area contributed by atoms with Gasteiger partial charge in [-0.1, -0.05) is 42.4 Å². The van der Waals surface area contributed by atoms with Crippen molar-refractivity contribution in [1.82, 2.24) is 10.2 Å². The highest BCUT2D eigenvalue weighted by atomic mass is 16.4. The van der Waals surface area contributed by atoms with Crippen LogP contribution in [0.25, 0.3) is 0 Å². The number of rotatable bonds is 3. The quantitative estimate of drug-likeness (QED) is 0.830. The van der Waals surface area contributed by atoms with E-state index in [0.29, 0.717) is 5.89 Å². The molecule has 0 aliphatic rings. The number of nitrogen functional groups attached to an aromatic ring is 1. The number of hydrogen-bond donors (Lipinski definition) is 1. The van der Waals surface area contributed by atoms with Crippen molar-refractivity contribution in [3.8, 4) is 0 Å². The molecule has 2 rings (SSSR count). The maximum Gasteiger partial charge on any atom is 0.312 e. The average Bonchev–Trinajstić information content (AvgIpc) is 2.68. The molecule has 1 aromatic heterocycles. The Morgan fingerprint density at radius 2 is 2.00 bits per heavy atom. The minimum atomic E-state index is 0.124. The topological polar surface area (TPSA) is 64.9 Å². The summed E-state index contributed by atoms with van der Waals surface area (Å²) in [5, 5.41) is 7.59. The maximum atomic E-state index is 5.41. The predicted molar refractivity (Wildman–Crippen MR) is 57.3 cm³/mol. The summed E-state index contributed by atoms with van der Waals surface area (Å²) >= 11 is 0. The third-order valence-electron chi connectivity index (χ3n) is 2.36. The Hall–Kier alpha value is -1.84. The summed E-state index contributed by atoms with van der Waals surface area (Å²) in [4.78, 5) is 0. The van der Waals surface area contributed by atoms with Crippen molar-refractivity contribution < 1.29 is 4.42 Å². The molecule has 0 saturated heterocycles. The van der Waals surface area contributed by atoms with E-state index < -0.39 is 0 Å². The monoisotopic (exact) mass is 203 g/mol. The zero-order valence-electron chi connectivity index (χ0n) is 8.55. The van der Waals surface area contributed by atoms with E-state index in [1.807, 2.05) is 18.2 Å². The highest BCUT2D eigenvalue weighted by molar-refractivity contribution is 5.24. The molecule has 0 fully saturated rings. The Balaban J connectivity index is 2.33.